The molecule has 0 rings (SSSR count). The van der Waals surface area contributed by atoms with Crippen molar-refractivity contribution in [2.45, 2.75) is 5.37 Å². The molecule has 0 aromatic carbocycles. The Morgan fingerprint density at radius 2 is 2.44 bits per heavy atom. The van der Waals surface area contributed by atoms with Crippen molar-refractivity contribution in [1.82, 2.24) is 0 Å². The summed E-state index contributed by atoms with van der Waals surface area (Å²) in [7, 11) is 0. The summed E-state index contributed by atoms with van der Waals surface area (Å²) in [6.45, 7) is -0.163. The van der Waals surface area contributed by atoms with Gasteiger partial charge >= 0.3 is 0 Å². The van der Waals surface area contributed by atoms with Gasteiger partial charge in [0.15, 0.2) is 0 Å². The number of alkyl halides is 1. The summed E-state index contributed by atoms with van der Waals surface area (Å²) >= 11 is 3.91. The number of halogens is 1. The lowest BCUT2D eigenvalue weighted by Gasteiger charge is -2.02. The summed E-state index contributed by atoms with van der Waals surface area (Å²) in [6.07, 6.45) is 0. The Labute approximate surface area is 66.1 Å². The maximum atomic E-state index is 10.5. The number of hydrogen-bond acceptors (Lipinski definition) is 4. The van der Waals surface area contributed by atoms with E-state index in [1.807, 2.05) is 0 Å². The molecular weight excluding hydrogens is 206 g/mol. The van der Waals surface area contributed by atoms with Crippen molar-refractivity contribution in [2.75, 3.05) is 11.9 Å². The van der Waals surface area contributed by atoms with E-state index >= 15 is 0 Å². The lowest BCUT2D eigenvalue weighted by molar-refractivity contribution is -0.108. The Hall–Kier alpha value is 0.420. The molecule has 0 radical (unpaired) electrons. The van der Waals surface area contributed by atoms with Crippen LogP contribution in [-0.4, -0.2) is 27.5 Å². The molecule has 0 aromatic rings. The fourth-order valence-corrected chi connectivity index (χ4v) is 1.11. The molecule has 3 N–H and O–H groups in total. The molecule has 0 aliphatic rings. The molecule has 3 nitrogen and oxygen atoms in total. The Morgan fingerprint density at radius 3 is 2.78 bits per heavy atom. The maximum absolute atomic E-state index is 10.5. The van der Waals surface area contributed by atoms with Crippen LogP contribution in [0.3, 0.4) is 0 Å². The van der Waals surface area contributed by atoms with Crippen LogP contribution in [0, 0.1) is 0 Å². The molecular formula is C4H8BrNO2S. The number of carbonyl (C=O) groups excluding carboxylic acids is 1. The number of aliphatic hydroxyl groups is 1. The second kappa shape index (κ2) is 5.22. The Bertz CT molecular complexity index is 101. The summed E-state index contributed by atoms with van der Waals surface area (Å²) in [5.74, 6) is 0. The van der Waals surface area contributed by atoms with Gasteiger partial charge in [0.05, 0.1) is 17.3 Å². The molecule has 0 unspecified atom stereocenters. The van der Waals surface area contributed by atoms with E-state index in [-0.39, 0.29) is 17.1 Å². The van der Waals surface area contributed by atoms with Gasteiger partial charge in [-0.3, -0.25) is 4.79 Å². The average Bonchev–Trinajstić information content (AvgIpc) is 1.87. The average molecular weight is 214 g/mol. The Balaban J connectivity index is 3.34. The van der Waals surface area contributed by atoms with Gasteiger partial charge in [-0.1, -0.05) is 27.7 Å². The fourth-order valence-electron chi connectivity index (χ4n) is 0.238. The molecule has 0 fully saturated rings. The van der Waals surface area contributed by atoms with E-state index in [9.17, 15) is 4.79 Å². The molecule has 0 amide bonds. The van der Waals surface area contributed by atoms with Gasteiger partial charge < -0.3 is 10.8 Å². The van der Waals surface area contributed by atoms with Crippen LogP contribution in [-0.2, 0) is 4.79 Å². The van der Waals surface area contributed by atoms with E-state index in [1.54, 1.807) is 0 Å². The van der Waals surface area contributed by atoms with Crippen LogP contribution < -0.4 is 5.73 Å². The molecule has 0 aliphatic heterocycles. The molecule has 0 saturated heterocycles. The quantitative estimate of drug-likeness (QED) is 0.509. The predicted octanol–water partition coefficient (Wildman–Crippen LogP) is -0.0818. The highest BCUT2D eigenvalue weighted by atomic mass is 79.9. The number of thioether (sulfide) groups is 1. The molecule has 1 atom stereocenters. The highest BCUT2D eigenvalue weighted by molar-refractivity contribution is 9.09. The fraction of sp³-hybridized carbons (Fsp3) is 0.750. The van der Waals surface area contributed by atoms with Crippen LogP contribution in [0.15, 0.2) is 0 Å². The van der Waals surface area contributed by atoms with Crippen LogP contribution in [0.5, 0.6) is 0 Å². The zero-order valence-corrected chi connectivity index (χ0v) is 7.11. The summed E-state index contributed by atoms with van der Waals surface area (Å²) < 4.78 is 0. The monoisotopic (exact) mass is 213 g/mol. The van der Waals surface area contributed by atoms with E-state index < -0.39 is 5.37 Å². The first-order chi connectivity index (χ1) is 4.20. The normalized spacial score (nSPS) is 13.2. The van der Waals surface area contributed by atoms with Crippen LogP contribution in [0.25, 0.3) is 0 Å². The smallest absolute Gasteiger partial charge is 0.201 e. The molecule has 0 aliphatic carbocycles. The second-order valence-electron chi connectivity index (χ2n) is 1.34. The minimum Gasteiger partial charge on any atom is -0.394 e. The van der Waals surface area contributed by atoms with Crippen molar-refractivity contribution in [1.29, 1.82) is 0 Å². The second-order valence-corrected chi connectivity index (χ2v) is 3.20. The first-order valence-electron chi connectivity index (χ1n) is 2.32. The van der Waals surface area contributed by atoms with E-state index in [1.165, 1.54) is 0 Å². The third-order valence-corrected chi connectivity index (χ3v) is 2.31. The van der Waals surface area contributed by atoms with Gasteiger partial charge in [0.1, 0.15) is 0 Å². The topological polar surface area (TPSA) is 63.3 Å². The third-order valence-electron chi connectivity index (χ3n) is 0.572. The zero-order valence-electron chi connectivity index (χ0n) is 4.71. The van der Waals surface area contributed by atoms with Crippen molar-refractivity contribution in [3.8, 4) is 0 Å². The first kappa shape index (κ1) is 9.42. The molecule has 0 bridgehead atoms. The van der Waals surface area contributed by atoms with Crippen molar-refractivity contribution in [3.05, 3.63) is 0 Å². The summed E-state index contributed by atoms with van der Waals surface area (Å²) in [5.41, 5.74) is 5.22. The predicted molar refractivity (Wildman–Crippen MR) is 41.5 cm³/mol. The molecule has 9 heavy (non-hydrogen) atoms. The standard InChI is InChI=1S/C4H8BrNO2S/c5-1-4(8)9-3(6)2-7/h3,7H,1-2,6H2/t3-/m0/s1. The van der Waals surface area contributed by atoms with Gasteiger partial charge in [-0.2, -0.15) is 0 Å². The van der Waals surface area contributed by atoms with E-state index in [4.69, 9.17) is 10.8 Å². The molecule has 5 heteroatoms. The molecule has 0 heterocycles. The minimum absolute atomic E-state index is 0.0587. The van der Waals surface area contributed by atoms with Crippen molar-refractivity contribution < 1.29 is 9.90 Å². The number of aliphatic hydroxyl groups excluding tert-OH is 1. The SMILES string of the molecule is N[C@H](CO)SC(=O)CBr. The van der Waals surface area contributed by atoms with Gasteiger partial charge in [0, 0.05) is 0 Å². The highest BCUT2D eigenvalue weighted by Crippen LogP contribution is 2.07. The van der Waals surface area contributed by atoms with Crippen LogP contribution >= 0.6 is 27.7 Å². The maximum Gasteiger partial charge on any atom is 0.201 e. The van der Waals surface area contributed by atoms with Gasteiger partial charge in [-0.15, -0.1) is 0 Å². The van der Waals surface area contributed by atoms with Gasteiger partial charge in [-0.25, -0.2) is 0 Å². The van der Waals surface area contributed by atoms with Crippen LogP contribution in [0.1, 0.15) is 0 Å². The van der Waals surface area contributed by atoms with Crippen LogP contribution in [0.2, 0.25) is 0 Å². The third kappa shape index (κ3) is 4.90. The lowest BCUT2D eigenvalue weighted by Crippen LogP contribution is -2.22. The highest BCUT2D eigenvalue weighted by Gasteiger charge is 2.06. The Morgan fingerprint density at radius 1 is 1.89 bits per heavy atom. The van der Waals surface area contributed by atoms with Crippen molar-refractivity contribution in [3.63, 3.8) is 0 Å². The van der Waals surface area contributed by atoms with Gasteiger partial charge in [-0.05, 0) is 0 Å². The molecule has 0 spiro atoms. The van der Waals surface area contributed by atoms with E-state index in [0.29, 0.717) is 0 Å². The number of hydrogen-bond donors (Lipinski definition) is 2. The zero-order chi connectivity index (χ0) is 7.28. The lowest BCUT2D eigenvalue weighted by atomic mass is 10.7. The number of carbonyl (C=O) groups is 1. The molecule has 0 saturated carbocycles. The first-order valence-corrected chi connectivity index (χ1v) is 4.32. The number of nitrogens with two attached hydrogens (primary N) is 1. The van der Waals surface area contributed by atoms with Crippen molar-refractivity contribution in [2.24, 2.45) is 5.73 Å². The van der Waals surface area contributed by atoms with Crippen molar-refractivity contribution >= 4 is 32.8 Å². The summed E-state index contributed by atoms with van der Waals surface area (Å²) in [4.78, 5) is 10.5. The van der Waals surface area contributed by atoms with E-state index in [0.717, 1.165) is 11.8 Å². The van der Waals surface area contributed by atoms with Gasteiger partial charge in [0.2, 0.25) is 5.12 Å². The van der Waals surface area contributed by atoms with E-state index in [2.05, 4.69) is 15.9 Å². The minimum atomic E-state index is -0.477. The largest absolute Gasteiger partial charge is 0.394 e. The summed E-state index contributed by atoms with van der Waals surface area (Å²) in [6, 6.07) is 0. The Kier molecular flexibility index (Phi) is 5.47. The summed E-state index contributed by atoms with van der Waals surface area (Å²) in [5, 5.41) is 8.11. The number of rotatable bonds is 3. The molecule has 0 aromatic heterocycles. The molecule has 54 valence electrons. The van der Waals surface area contributed by atoms with Crippen LogP contribution in [0.4, 0.5) is 0 Å². The van der Waals surface area contributed by atoms with Gasteiger partial charge in [0.25, 0.3) is 0 Å².